The summed E-state index contributed by atoms with van der Waals surface area (Å²) >= 11 is 2.60. The molecule has 6 atom stereocenters. The van der Waals surface area contributed by atoms with Crippen LogP contribution in [0, 0.1) is 0 Å². The molecule has 5 nitrogen and oxygen atoms in total. The average Bonchev–Trinajstić information content (AvgIpc) is 3.04. The van der Waals surface area contributed by atoms with Crippen molar-refractivity contribution in [3.63, 3.8) is 0 Å². The van der Waals surface area contributed by atoms with Crippen molar-refractivity contribution in [2.75, 3.05) is 14.0 Å². The lowest BCUT2D eigenvalue weighted by Gasteiger charge is -2.45. The van der Waals surface area contributed by atoms with Gasteiger partial charge in [0.25, 0.3) is 0 Å². The Morgan fingerprint density at radius 3 is 2.31 bits per heavy atom. The molecule has 3 aliphatic rings. The van der Waals surface area contributed by atoms with Gasteiger partial charge in [-0.3, -0.25) is 0 Å². The molecule has 7 heteroatoms. The van der Waals surface area contributed by atoms with Gasteiger partial charge in [-0.1, -0.05) is 12.1 Å². The molecule has 0 saturated carbocycles. The molecule has 5 rings (SSSR count). The van der Waals surface area contributed by atoms with Crippen LogP contribution in [-0.4, -0.2) is 60.0 Å². The lowest BCUT2D eigenvalue weighted by molar-refractivity contribution is -0.938. The molecule has 0 aliphatic carbocycles. The van der Waals surface area contributed by atoms with E-state index in [9.17, 15) is 9.90 Å². The van der Waals surface area contributed by atoms with Crippen molar-refractivity contribution in [3.8, 4) is 0 Å². The van der Waals surface area contributed by atoms with Crippen molar-refractivity contribution in [1.29, 1.82) is 0 Å². The first kappa shape index (κ1) is 13.8. The summed E-state index contributed by atoms with van der Waals surface area (Å²) in [5.41, 5.74) is -1.85. The fourth-order valence-corrected chi connectivity index (χ4v) is 6.29. The van der Waals surface area contributed by atoms with E-state index in [0.717, 1.165) is 0 Å². The molecule has 0 amide bonds. The highest BCUT2D eigenvalue weighted by Crippen LogP contribution is 2.52. The topological polar surface area (TPSA) is 59.1 Å². The predicted molar refractivity (Wildman–Crippen MR) is 99.1 cm³/mol. The van der Waals surface area contributed by atoms with E-state index in [0.29, 0.717) is 22.6 Å². The number of piperidine rings is 1. The van der Waals surface area contributed by atoms with Gasteiger partial charge in [-0.2, -0.15) is 0 Å². The Bertz CT molecular complexity index is 862. The van der Waals surface area contributed by atoms with Crippen LogP contribution in [0.2, 0.25) is 0 Å². The minimum atomic E-state index is -2.14. The van der Waals surface area contributed by atoms with E-state index in [4.69, 9.17) is 13.6 Å². The number of hydrogen-bond acceptors (Lipinski definition) is 6. The Hall–Kier alpha value is -1.25. The standard InChI is InChI=1S/C19H22NO4S2/c1-20(2)12-9-11(10-13(20)17-16(12)24-17)23-18(21)19(22,14-5-3-7-25-14)15-6-4-8-26-15/h3-8,11-13,16-17,22H,9-10H2,1-2H3/q+1/t11?,12-,13+,16-,17+/i1+1D3/t11?,12-,13+,16-,17+,20?. The quantitative estimate of drug-likeness (QED) is 0.373. The number of carbonyl (C=O) groups is 1. The summed E-state index contributed by atoms with van der Waals surface area (Å²) in [7, 11) is 1.77. The third-order valence-corrected chi connectivity index (χ3v) is 7.99. The van der Waals surface area contributed by atoms with Gasteiger partial charge in [-0.25, -0.2) is 4.79 Å². The lowest BCUT2D eigenvalue weighted by atomic mass is 9.96. The summed E-state index contributed by atoms with van der Waals surface area (Å²) < 4.78 is 35.6. The normalized spacial score (nSPS) is 40.2. The largest absolute Gasteiger partial charge is 0.459 e. The number of likely N-dealkylation sites (N-methyl/N-ethyl adjacent to an activating group) is 1. The Balaban J connectivity index is 1.40. The molecule has 5 heterocycles. The number of esters is 1. The zero-order valence-corrected chi connectivity index (χ0v) is 15.8. The van der Waals surface area contributed by atoms with Crippen LogP contribution < -0.4 is 0 Å². The van der Waals surface area contributed by atoms with Crippen LogP contribution in [0.5, 0.6) is 0 Å². The van der Waals surface area contributed by atoms with Crippen LogP contribution in [0.4, 0.5) is 0 Å². The fourth-order valence-electron chi connectivity index (χ4n) is 4.58. The molecule has 3 fully saturated rings. The SMILES string of the molecule is [2H][13C]([2H])([2H])[N+]1(C)[C@@H]2CC(OC(=O)C(O)(c3cccs3)c3cccs3)C[C@H]1[C@@H]1O[C@@H]12. The van der Waals surface area contributed by atoms with E-state index in [-0.39, 0.29) is 28.8 Å². The number of ether oxygens (including phenoxy) is 2. The Kier molecular flexibility index (Phi) is 3.00. The van der Waals surface area contributed by atoms with Gasteiger partial charge < -0.3 is 19.1 Å². The molecule has 138 valence electrons. The number of carbonyl (C=O) groups excluding carboxylic acids is 1. The van der Waals surface area contributed by atoms with Crippen molar-refractivity contribution in [2.24, 2.45) is 0 Å². The molecule has 2 aromatic rings. The fraction of sp³-hybridized carbons (Fsp3) is 0.526. The number of fused-ring (bicyclic) bond motifs is 5. The van der Waals surface area contributed by atoms with E-state index >= 15 is 0 Å². The van der Waals surface area contributed by atoms with Crippen LogP contribution >= 0.6 is 22.7 Å². The second-order valence-corrected chi connectivity index (χ2v) is 9.41. The van der Waals surface area contributed by atoms with Crippen molar-refractivity contribution < 1.29 is 28.0 Å². The number of epoxide rings is 1. The van der Waals surface area contributed by atoms with Gasteiger partial charge in [0.05, 0.1) is 27.9 Å². The summed E-state index contributed by atoms with van der Waals surface area (Å²) in [5, 5.41) is 15.0. The number of hydrogen-bond donors (Lipinski definition) is 1. The van der Waals surface area contributed by atoms with Crippen molar-refractivity contribution in [3.05, 3.63) is 44.8 Å². The highest BCUT2D eigenvalue weighted by atomic mass is 32.1. The Labute approximate surface area is 164 Å². The lowest BCUT2D eigenvalue weighted by Crippen LogP contribution is -2.60. The first-order chi connectivity index (χ1) is 13.7. The molecule has 1 N–H and O–H groups in total. The summed E-state index contributed by atoms with van der Waals surface area (Å²) in [6.45, 7) is -2.14. The van der Waals surface area contributed by atoms with E-state index in [1.165, 1.54) is 22.7 Å². The molecule has 2 bridgehead atoms. The van der Waals surface area contributed by atoms with Crippen LogP contribution in [-0.2, 0) is 19.9 Å². The van der Waals surface area contributed by atoms with Gasteiger partial charge in [0.2, 0.25) is 5.60 Å². The molecule has 3 saturated heterocycles. The number of quaternary nitrogens is 1. The Morgan fingerprint density at radius 2 is 1.85 bits per heavy atom. The minimum absolute atomic E-state index is 0.0312. The number of nitrogens with zero attached hydrogens (tertiary/aromatic N) is 1. The average molecular weight is 397 g/mol. The van der Waals surface area contributed by atoms with Crippen LogP contribution in [0.25, 0.3) is 0 Å². The monoisotopic (exact) mass is 396 g/mol. The van der Waals surface area contributed by atoms with E-state index < -0.39 is 24.7 Å². The number of thiophene rings is 2. The molecular formula is C19H22NO4S2+. The van der Waals surface area contributed by atoms with Crippen LogP contribution in [0.15, 0.2) is 35.0 Å². The third-order valence-electron chi connectivity index (χ3n) is 6.03. The van der Waals surface area contributed by atoms with Crippen LogP contribution in [0.3, 0.4) is 0 Å². The van der Waals surface area contributed by atoms with Crippen LogP contribution in [0.1, 0.15) is 26.7 Å². The zero-order chi connectivity index (χ0) is 20.6. The predicted octanol–water partition coefficient (Wildman–Crippen LogP) is 2.35. The van der Waals surface area contributed by atoms with E-state index in [1.54, 1.807) is 31.3 Å². The Morgan fingerprint density at radius 1 is 1.27 bits per heavy atom. The second kappa shape index (κ2) is 5.62. The van der Waals surface area contributed by atoms with Gasteiger partial charge in [-0.15, -0.1) is 22.7 Å². The van der Waals surface area contributed by atoms with E-state index in [2.05, 4.69) is 0 Å². The molecule has 0 aromatic carbocycles. The number of morpholine rings is 1. The summed E-state index contributed by atoms with van der Waals surface area (Å²) in [6.07, 6.45) is 0.242. The summed E-state index contributed by atoms with van der Waals surface area (Å²) in [5.74, 6) is -0.702. The summed E-state index contributed by atoms with van der Waals surface area (Å²) in [4.78, 5) is 14.2. The maximum Gasteiger partial charge on any atom is 0.349 e. The highest BCUT2D eigenvalue weighted by Gasteiger charge is 2.71. The maximum atomic E-state index is 13.2. The van der Waals surface area contributed by atoms with E-state index in [1.807, 2.05) is 10.8 Å². The maximum absolute atomic E-state index is 13.2. The molecule has 2 unspecified atom stereocenters. The van der Waals surface area contributed by atoms with Crippen molar-refractivity contribution >= 4 is 28.6 Å². The molecule has 0 radical (unpaired) electrons. The first-order valence-electron chi connectivity index (χ1n) is 10.2. The molecule has 3 aliphatic heterocycles. The molecular weight excluding hydrogens is 371 g/mol. The molecule has 2 aromatic heterocycles. The van der Waals surface area contributed by atoms with Crippen molar-refractivity contribution in [1.82, 2.24) is 0 Å². The van der Waals surface area contributed by atoms with Gasteiger partial charge in [0, 0.05) is 12.8 Å². The molecule has 26 heavy (non-hydrogen) atoms. The minimum Gasteiger partial charge on any atom is -0.459 e. The van der Waals surface area contributed by atoms with Gasteiger partial charge in [0.1, 0.15) is 30.4 Å². The van der Waals surface area contributed by atoms with Gasteiger partial charge in [0.15, 0.2) is 0 Å². The van der Waals surface area contributed by atoms with Crippen molar-refractivity contribution in [2.45, 2.75) is 48.8 Å². The van der Waals surface area contributed by atoms with Gasteiger partial charge >= 0.3 is 5.97 Å². The zero-order valence-electron chi connectivity index (χ0n) is 17.2. The number of rotatable bonds is 4. The first-order valence-corrected chi connectivity index (χ1v) is 10.5. The smallest absolute Gasteiger partial charge is 0.349 e. The highest BCUT2D eigenvalue weighted by molar-refractivity contribution is 7.12. The molecule has 0 spiro atoms. The number of aliphatic hydroxyl groups is 1. The second-order valence-electron chi connectivity index (χ2n) is 7.51. The third kappa shape index (κ3) is 2.28. The summed E-state index contributed by atoms with van der Waals surface area (Å²) in [6, 6.07) is 6.55. The van der Waals surface area contributed by atoms with Gasteiger partial charge in [-0.05, 0) is 22.9 Å².